The monoisotopic (exact) mass is 535 g/mol. The summed E-state index contributed by atoms with van der Waals surface area (Å²) in [5.41, 5.74) is 0. The maximum atomic E-state index is 5.56. The van der Waals surface area contributed by atoms with Gasteiger partial charge in [0.2, 0.25) is 0 Å². The molecular formula is C21H38IN5OS. The van der Waals surface area contributed by atoms with E-state index in [1.54, 1.807) is 0 Å². The number of morpholine rings is 1. The van der Waals surface area contributed by atoms with Crippen molar-refractivity contribution in [2.75, 3.05) is 60.0 Å². The van der Waals surface area contributed by atoms with Gasteiger partial charge in [-0.1, -0.05) is 12.8 Å². The van der Waals surface area contributed by atoms with Crippen molar-refractivity contribution < 1.29 is 4.74 Å². The van der Waals surface area contributed by atoms with Crippen LogP contribution in [0.4, 0.5) is 0 Å². The third-order valence-electron chi connectivity index (χ3n) is 5.97. The molecule has 29 heavy (non-hydrogen) atoms. The molecule has 1 aliphatic heterocycles. The van der Waals surface area contributed by atoms with Crippen molar-refractivity contribution in [3.63, 3.8) is 0 Å². The Morgan fingerprint density at radius 2 is 2.00 bits per heavy atom. The Hall–Kier alpha value is -0.420. The molecule has 0 aromatic carbocycles. The predicted octanol–water partition coefficient (Wildman–Crippen LogP) is 3.09. The molecular weight excluding hydrogens is 497 g/mol. The van der Waals surface area contributed by atoms with E-state index in [0.29, 0.717) is 6.04 Å². The molecule has 2 N–H and O–H groups in total. The van der Waals surface area contributed by atoms with Crippen LogP contribution < -0.4 is 10.6 Å². The minimum atomic E-state index is 0. The van der Waals surface area contributed by atoms with Gasteiger partial charge in [0, 0.05) is 55.6 Å². The van der Waals surface area contributed by atoms with Crippen LogP contribution >= 0.6 is 35.3 Å². The molecule has 1 aromatic heterocycles. The third kappa shape index (κ3) is 7.65. The van der Waals surface area contributed by atoms with Gasteiger partial charge >= 0.3 is 0 Å². The minimum Gasteiger partial charge on any atom is -0.379 e. The summed E-state index contributed by atoms with van der Waals surface area (Å²) in [6.45, 7) is 8.64. The summed E-state index contributed by atoms with van der Waals surface area (Å²) >= 11 is 1.90. The average molecular weight is 536 g/mol. The lowest BCUT2D eigenvalue weighted by Gasteiger charge is -2.34. The lowest BCUT2D eigenvalue weighted by atomic mass is 10.2. The molecule has 1 saturated heterocycles. The largest absolute Gasteiger partial charge is 0.379 e. The highest BCUT2D eigenvalue weighted by atomic mass is 127. The molecule has 0 amide bonds. The van der Waals surface area contributed by atoms with Crippen molar-refractivity contribution >= 4 is 41.3 Å². The van der Waals surface area contributed by atoms with Crippen LogP contribution in [0.3, 0.4) is 0 Å². The summed E-state index contributed by atoms with van der Waals surface area (Å²) in [7, 11) is 4.11. The molecule has 1 unspecified atom stereocenters. The topological polar surface area (TPSA) is 52.1 Å². The Bertz CT molecular complexity index is 614. The van der Waals surface area contributed by atoms with Crippen molar-refractivity contribution in [3.05, 3.63) is 21.9 Å². The van der Waals surface area contributed by atoms with Gasteiger partial charge in [0.25, 0.3) is 0 Å². The van der Waals surface area contributed by atoms with E-state index < -0.39 is 0 Å². The van der Waals surface area contributed by atoms with Gasteiger partial charge in [0.05, 0.1) is 19.3 Å². The lowest BCUT2D eigenvalue weighted by molar-refractivity contribution is 0.0177. The summed E-state index contributed by atoms with van der Waals surface area (Å²) in [5.74, 6) is 0.895. The fraction of sp³-hybridized carbons (Fsp3) is 0.762. The van der Waals surface area contributed by atoms with E-state index >= 15 is 0 Å². The van der Waals surface area contributed by atoms with Crippen molar-refractivity contribution in [2.45, 2.75) is 44.7 Å². The number of halogens is 1. The summed E-state index contributed by atoms with van der Waals surface area (Å²) in [6, 6.07) is 5.63. The summed E-state index contributed by atoms with van der Waals surface area (Å²) in [5, 5.41) is 7.06. The van der Waals surface area contributed by atoms with Crippen molar-refractivity contribution in [2.24, 2.45) is 4.99 Å². The Labute approximate surface area is 197 Å². The van der Waals surface area contributed by atoms with Crippen LogP contribution in [0.2, 0.25) is 0 Å². The van der Waals surface area contributed by atoms with Gasteiger partial charge in [-0.15, -0.1) is 35.3 Å². The smallest absolute Gasteiger partial charge is 0.191 e. The van der Waals surface area contributed by atoms with E-state index in [9.17, 15) is 0 Å². The third-order valence-corrected chi connectivity index (χ3v) is 7.07. The van der Waals surface area contributed by atoms with Crippen LogP contribution in [0, 0.1) is 6.92 Å². The van der Waals surface area contributed by atoms with Gasteiger partial charge < -0.3 is 20.3 Å². The zero-order chi connectivity index (χ0) is 19.8. The van der Waals surface area contributed by atoms with Gasteiger partial charge in [-0.25, -0.2) is 0 Å². The van der Waals surface area contributed by atoms with E-state index in [1.165, 1.54) is 35.4 Å². The van der Waals surface area contributed by atoms with Crippen molar-refractivity contribution in [3.8, 4) is 0 Å². The van der Waals surface area contributed by atoms with Crippen molar-refractivity contribution in [1.29, 1.82) is 0 Å². The number of aryl methyl sites for hydroxylation is 1. The van der Waals surface area contributed by atoms with Gasteiger partial charge in [-0.3, -0.25) is 9.89 Å². The Morgan fingerprint density at radius 1 is 1.28 bits per heavy atom. The molecule has 0 bridgehead atoms. The van der Waals surface area contributed by atoms with Gasteiger partial charge in [0.15, 0.2) is 5.96 Å². The van der Waals surface area contributed by atoms with Gasteiger partial charge in [-0.05, 0) is 38.9 Å². The highest BCUT2D eigenvalue weighted by Gasteiger charge is 2.24. The molecule has 1 atom stereocenters. The molecule has 0 radical (unpaired) electrons. The fourth-order valence-electron chi connectivity index (χ4n) is 4.22. The number of thiophene rings is 1. The molecule has 6 nitrogen and oxygen atoms in total. The molecule has 2 fully saturated rings. The van der Waals surface area contributed by atoms with Crippen LogP contribution in [0.15, 0.2) is 17.1 Å². The number of nitrogens with one attached hydrogen (secondary N) is 2. The average Bonchev–Trinajstić information content (AvgIpc) is 3.39. The Balaban J connectivity index is 0.00000300. The molecule has 1 saturated carbocycles. The van der Waals surface area contributed by atoms with E-state index in [2.05, 4.69) is 51.5 Å². The fourth-order valence-corrected chi connectivity index (χ4v) is 5.24. The molecule has 0 spiro atoms. The molecule has 2 aliphatic rings. The SMILES string of the molecule is CN=C(NCCN(C)C1CCCC1)NCC(c1ccc(C)s1)N1CCOCC1.I. The van der Waals surface area contributed by atoms with Crippen molar-refractivity contribution in [1.82, 2.24) is 20.4 Å². The maximum absolute atomic E-state index is 5.56. The zero-order valence-corrected chi connectivity index (χ0v) is 21.3. The van der Waals surface area contributed by atoms with Crippen LogP contribution in [0.1, 0.15) is 41.5 Å². The quantitative estimate of drug-likeness (QED) is 0.305. The maximum Gasteiger partial charge on any atom is 0.191 e. The summed E-state index contributed by atoms with van der Waals surface area (Å²) in [4.78, 5) is 12.2. The molecule has 166 valence electrons. The second kappa shape index (κ2) is 13.1. The molecule has 1 aliphatic carbocycles. The van der Waals surface area contributed by atoms with Gasteiger partial charge in [-0.2, -0.15) is 0 Å². The number of hydrogen-bond donors (Lipinski definition) is 2. The highest BCUT2D eigenvalue weighted by Crippen LogP contribution is 2.28. The molecule has 3 rings (SSSR count). The van der Waals surface area contributed by atoms with Crippen LogP contribution in [-0.4, -0.2) is 81.8 Å². The second-order valence-corrected chi connectivity index (χ2v) is 9.23. The number of aliphatic imine (C=N–C) groups is 1. The highest BCUT2D eigenvalue weighted by molar-refractivity contribution is 14.0. The predicted molar refractivity (Wildman–Crippen MR) is 134 cm³/mol. The first-order valence-electron chi connectivity index (χ1n) is 10.7. The van der Waals surface area contributed by atoms with Crippen LogP contribution in [0.25, 0.3) is 0 Å². The Kier molecular flexibility index (Phi) is 11.2. The van der Waals surface area contributed by atoms with E-state index in [1.807, 2.05) is 18.4 Å². The van der Waals surface area contributed by atoms with E-state index in [-0.39, 0.29) is 24.0 Å². The van der Waals surface area contributed by atoms with Crippen LogP contribution in [-0.2, 0) is 4.74 Å². The minimum absolute atomic E-state index is 0. The number of rotatable bonds is 8. The number of nitrogens with zero attached hydrogens (tertiary/aromatic N) is 3. The molecule has 8 heteroatoms. The summed E-state index contributed by atoms with van der Waals surface area (Å²) in [6.07, 6.45) is 5.48. The molecule has 1 aromatic rings. The van der Waals surface area contributed by atoms with E-state index in [0.717, 1.165) is 57.9 Å². The second-order valence-electron chi connectivity index (χ2n) is 7.91. The normalized spacial score (nSPS) is 19.9. The first-order valence-corrected chi connectivity index (χ1v) is 11.5. The number of likely N-dealkylation sites (N-methyl/N-ethyl adjacent to an activating group) is 1. The van der Waals surface area contributed by atoms with E-state index in [4.69, 9.17) is 4.74 Å². The number of hydrogen-bond acceptors (Lipinski definition) is 5. The van der Waals surface area contributed by atoms with Crippen LogP contribution in [0.5, 0.6) is 0 Å². The first-order chi connectivity index (χ1) is 13.7. The molecule has 2 heterocycles. The lowest BCUT2D eigenvalue weighted by Crippen LogP contribution is -2.47. The summed E-state index contributed by atoms with van der Waals surface area (Å²) < 4.78 is 5.56. The first kappa shape index (κ1) is 24.8. The number of guanidine groups is 1. The zero-order valence-electron chi connectivity index (χ0n) is 18.2. The Morgan fingerprint density at radius 3 is 2.62 bits per heavy atom. The van der Waals surface area contributed by atoms with Gasteiger partial charge in [0.1, 0.15) is 0 Å². The standard InChI is InChI=1S/C21H37N5OS.HI/c1-17-8-9-20(28-17)19(26-12-14-27-15-13-26)16-24-21(22-2)23-10-11-25(3)18-6-4-5-7-18;/h8-9,18-19H,4-7,10-16H2,1-3H3,(H2,22,23,24);1H. The number of ether oxygens (including phenoxy) is 1.